The average Bonchev–Trinajstić information content (AvgIpc) is 2.34. The predicted octanol–water partition coefficient (Wildman–Crippen LogP) is 4.65. The maximum Gasteiger partial charge on any atom is 0.258 e. The summed E-state index contributed by atoms with van der Waals surface area (Å²) in [5.41, 5.74) is 0.665. The summed E-state index contributed by atoms with van der Waals surface area (Å²) in [6, 6.07) is 5.60. The highest BCUT2D eigenvalue weighted by Gasteiger charge is 2.15. The number of benzene rings is 1. The van der Waals surface area contributed by atoms with E-state index < -0.39 is 11.7 Å². The van der Waals surface area contributed by atoms with Crippen LogP contribution in [0.15, 0.2) is 39.5 Å². The Balaban J connectivity index is 2.32. The minimum absolute atomic E-state index is 0.111. The summed E-state index contributed by atoms with van der Waals surface area (Å²) in [5, 5.41) is 2.72. The highest BCUT2D eigenvalue weighted by molar-refractivity contribution is 9.10. The van der Waals surface area contributed by atoms with Crippen LogP contribution < -0.4 is 5.32 Å². The zero-order chi connectivity index (χ0) is 14.0. The van der Waals surface area contributed by atoms with Crippen molar-refractivity contribution < 1.29 is 9.18 Å². The van der Waals surface area contributed by atoms with E-state index in [0.717, 1.165) is 6.07 Å². The Labute approximate surface area is 130 Å². The molecule has 3 nitrogen and oxygen atoms in total. The first-order valence-electron chi connectivity index (χ1n) is 5.05. The molecule has 0 bridgehead atoms. The van der Waals surface area contributed by atoms with E-state index in [1.165, 1.54) is 6.07 Å². The van der Waals surface area contributed by atoms with Crippen molar-refractivity contribution in [2.24, 2.45) is 0 Å². The molecule has 7 heteroatoms. The van der Waals surface area contributed by atoms with Crippen molar-refractivity contribution in [3.05, 3.63) is 55.9 Å². The number of nitrogens with zero attached hydrogens (tertiary/aromatic N) is 1. The second-order valence-corrected chi connectivity index (χ2v) is 5.55. The van der Waals surface area contributed by atoms with E-state index in [1.807, 2.05) is 0 Å². The normalized spacial score (nSPS) is 10.3. The van der Waals surface area contributed by atoms with Crippen LogP contribution in [0.4, 0.5) is 10.1 Å². The lowest BCUT2D eigenvalue weighted by molar-refractivity contribution is 0.102. The Morgan fingerprint density at radius 2 is 2.11 bits per heavy atom. The Kier molecular flexibility index (Phi) is 4.54. The summed E-state index contributed by atoms with van der Waals surface area (Å²) in [6.45, 7) is 0. The van der Waals surface area contributed by atoms with E-state index in [0.29, 0.717) is 20.3 Å². The quantitative estimate of drug-likeness (QED) is 0.735. The number of nitrogens with one attached hydrogen (secondary N) is 1. The van der Waals surface area contributed by atoms with Gasteiger partial charge >= 0.3 is 0 Å². The van der Waals surface area contributed by atoms with Gasteiger partial charge in [0.15, 0.2) is 0 Å². The first-order valence-corrected chi connectivity index (χ1v) is 7.02. The number of amides is 1. The van der Waals surface area contributed by atoms with E-state index in [4.69, 9.17) is 11.6 Å². The summed E-state index contributed by atoms with van der Waals surface area (Å²) in [7, 11) is 0. The van der Waals surface area contributed by atoms with Crippen molar-refractivity contribution in [1.29, 1.82) is 0 Å². The number of pyridine rings is 1. The lowest BCUT2D eigenvalue weighted by Gasteiger charge is -2.10. The number of hydrogen-bond donors (Lipinski definition) is 1. The third kappa shape index (κ3) is 3.32. The van der Waals surface area contributed by atoms with Gasteiger partial charge in [0.05, 0.1) is 16.3 Å². The fraction of sp³-hybridized carbons (Fsp3) is 0. The first-order chi connectivity index (χ1) is 8.99. The van der Waals surface area contributed by atoms with Gasteiger partial charge in [0.25, 0.3) is 5.91 Å². The van der Waals surface area contributed by atoms with Crippen LogP contribution >= 0.6 is 43.5 Å². The summed E-state index contributed by atoms with van der Waals surface area (Å²) in [4.78, 5) is 16.0. The zero-order valence-electron chi connectivity index (χ0n) is 9.25. The number of carbonyl (C=O) groups excluding carboxylic acids is 1. The van der Waals surface area contributed by atoms with E-state index in [9.17, 15) is 9.18 Å². The van der Waals surface area contributed by atoms with Crippen molar-refractivity contribution >= 4 is 55.1 Å². The Bertz CT molecular complexity index is 628. The molecule has 2 rings (SSSR count). The van der Waals surface area contributed by atoms with Crippen LogP contribution in [0, 0.1) is 5.82 Å². The number of halogens is 4. The number of aromatic nitrogens is 1. The lowest BCUT2D eigenvalue weighted by Crippen LogP contribution is -2.13. The topological polar surface area (TPSA) is 42.0 Å². The Morgan fingerprint density at radius 1 is 1.37 bits per heavy atom. The van der Waals surface area contributed by atoms with Crippen LogP contribution in [-0.2, 0) is 0 Å². The molecule has 1 heterocycles. The molecular weight excluding hydrogens is 402 g/mol. The molecular formula is C12H6Br2ClFN2O. The van der Waals surface area contributed by atoms with E-state index in [-0.39, 0.29) is 5.02 Å². The SMILES string of the molecule is O=C(Nc1c(Cl)cc(F)cc1Br)c1cccnc1Br. The minimum atomic E-state index is -0.488. The fourth-order valence-electron chi connectivity index (χ4n) is 1.40. The molecule has 0 aliphatic heterocycles. The van der Waals surface area contributed by atoms with Gasteiger partial charge in [-0.05, 0) is 56.1 Å². The molecule has 0 unspecified atom stereocenters. The molecule has 1 N–H and O–H groups in total. The second kappa shape index (κ2) is 5.98. The third-order valence-electron chi connectivity index (χ3n) is 2.25. The fourth-order valence-corrected chi connectivity index (χ4v) is 2.73. The van der Waals surface area contributed by atoms with Gasteiger partial charge < -0.3 is 5.32 Å². The molecule has 98 valence electrons. The molecule has 1 aromatic carbocycles. The molecule has 19 heavy (non-hydrogen) atoms. The van der Waals surface area contributed by atoms with Gasteiger partial charge in [-0.1, -0.05) is 11.6 Å². The predicted molar refractivity (Wildman–Crippen MR) is 79.0 cm³/mol. The van der Waals surface area contributed by atoms with Crippen LogP contribution in [0.2, 0.25) is 5.02 Å². The maximum absolute atomic E-state index is 13.1. The molecule has 0 saturated carbocycles. The molecule has 0 radical (unpaired) electrons. The molecule has 0 aliphatic carbocycles. The van der Waals surface area contributed by atoms with Gasteiger partial charge in [0.1, 0.15) is 10.4 Å². The highest BCUT2D eigenvalue weighted by Crippen LogP contribution is 2.32. The first kappa shape index (κ1) is 14.4. The van der Waals surface area contributed by atoms with Crippen LogP contribution in [0.3, 0.4) is 0 Å². The third-order valence-corrected chi connectivity index (χ3v) is 3.80. The van der Waals surface area contributed by atoms with Crippen molar-refractivity contribution in [2.45, 2.75) is 0 Å². The molecule has 0 spiro atoms. The molecule has 1 aromatic heterocycles. The number of carbonyl (C=O) groups is 1. The van der Waals surface area contributed by atoms with E-state index >= 15 is 0 Å². The Hall–Kier alpha value is -0.980. The van der Waals surface area contributed by atoms with Crippen molar-refractivity contribution in [3.8, 4) is 0 Å². The molecule has 2 aromatic rings. The van der Waals surface area contributed by atoms with Gasteiger partial charge in [-0.2, -0.15) is 0 Å². The van der Waals surface area contributed by atoms with E-state index in [1.54, 1.807) is 18.3 Å². The summed E-state index contributed by atoms with van der Waals surface area (Å²) < 4.78 is 13.9. The largest absolute Gasteiger partial charge is 0.320 e. The monoisotopic (exact) mass is 406 g/mol. The molecule has 0 atom stereocenters. The van der Waals surface area contributed by atoms with Crippen LogP contribution in [0.1, 0.15) is 10.4 Å². The van der Waals surface area contributed by atoms with Crippen molar-refractivity contribution in [3.63, 3.8) is 0 Å². The summed E-state index contributed by atoms with van der Waals surface area (Å²) in [6.07, 6.45) is 1.56. The highest BCUT2D eigenvalue weighted by atomic mass is 79.9. The van der Waals surface area contributed by atoms with Crippen LogP contribution in [-0.4, -0.2) is 10.9 Å². The Morgan fingerprint density at radius 3 is 2.74 bits per heavy atom. The lowest BCUT2D eigenvalue weighted by atomic mass is 10.2. The van der Waals surface area contributed by atoms with Gasteiger partial charge in [-0.3, -0.25) is 4.79 Å². The average molecular weight is 408 g/mol. The number of rotatable bonds is 2. The molecule has 0 aliphatic rings. The molecule has 0 saturated heterocycles. The summed E-state index contributed by atoms with van der Waals surface area (Å²) >= 11 is 12.2. The maximum atomic E-state index is 13.1. The van der Waals surface area contributed by atoms with Crippen LogP contribution in [0.25, 0.3) is 0 Å². The van der Waals surface area contributed by atoms with E-state index in [2.05, 4.69) is 42.2 Å². The van der Waals surface area contributed by atoms with Gasteiger partial charge in [0.2, 0.25) is 0 Å². The molecule has 1 amide bonds. The van der Waals surface area contributed by atoms with Crippen molar-refractivity contribution in [2.75, 3.05) is 5.32 Å². The summed E-state index contributed by atoms with van der Waals surface area (Å²) in [5.74, 6) is -0.883. The zero-order valence-corrected chi connectivity index (χ0v) is 13.2. The standard InChI is InChI=1S/C12H6Br2ClFN2O/c13-8-4-6(16)5-9(15)10(8)18-12(19)7-2-1-3-17-11(7)14/h1-5H,(H,18,19). The van der Waals surface area contributed by atoms with Gasteiger partial charge in [0, 0.05) is 10.7 Å². The van der Waals surface area contributed by atoms with Crippen molar-refractivity contribution in [1.82, 2.24) is 4.98 Å². The molecule has 0 fully saturated rings. The van der Waals surface area contributed by atoms with Gasteiger partial charge in [-0.25, -0.2) is 9.37 Å². The smallest absolute Gasteiger partial charge is 0.258 e. The van der Waals surface area contributed by atoms with Gasteiger partial charge in [-0.15, -0.1) is 0 Å². The second-order valence-electron chi connectivity index (χ2n) is 3.54. The minimum Gasteiger partial charge on any atom is -0.320 e. The number of hydrogen-bond acceptors (Lipinski definition) is 2. The number of anilines is 1. The van der Waals surface area contributed by atoms with Crippen LogP contribution in [0.5, 0.6) is 0 Å².